The third-order valence-corrected chi connectivity index (χ3v) is 4.74. The topological polar surface area (TPSA) is 89.2 Å². The van der Waals surface area contributed by atoms with Gasteiger partial charge in [0.2, 0.25) is 0 Å². The smallest absolute Gasteiger partial charge is 0.156 e. The molecule has 1 aromatic rings. The SMILES string of the molecule is CC1CS(=O)(=O)CCN1c1nnccc1CN. The third-order valence-electron chi connectivity index (χ3n) is 2.94. The molecule has 2 rings (SSSR count). The van der Waals surface area contributed by atoms with Crippen molar-refractivity contribution in [1.82, 2.24) is 10.2 Å². The van der Waals surface area contributed by atoms with Crippen LogP contribution < -0.4 is 10.6 Å². The number of nitrogens with zero attached hydrogens (tertiary/aromatic N) is 3. The third kappa shape index (κ3) is 2.55. The molecule has 0 saturated carbocycles. The molecule has 1 unspecified atom stereocenters. The molecule has 2 N–H and O–H groups in total. The van der Waals surface area contributed by atoms with Gasteiger partial charge in [0.05, 0.1) is 17.7 Å². The van der Waals surface area contributed by atoms with E-state index in [0.717, 1.165) is 5.56 Å². The lowest BCUT2D eigenvalue weighted by atomic mass is 10.2. The van der Waals surface area contributed by atoms with E-state index >= 15 is 0 Å². The van der Waals surface area contributed by atoms with Crippen LogP contribution in [0.1, 0.15) is 12.5 Å². The number of sulfone groups is 1. The van der Waals surface area contributed by atoms with Gasteiger partial charge in [-0.1, -0.05) is 0 Å². The highest BCUT2D eigenvalue weighted by molar-refractivity contribution is 7.91. The number of hydrogen-bond donors (Lipinski definition) is 1. The monoisotopic (exact) mass is 256 g/mol. The van der Waals surface area contributed by atoms with Gasteiger partial charge in [-0.2, -0.15) is 5.10 Å². The van der Waals surface area contributed by atoms with Gasteiger partial charge in [-0.15, -0.1) is 5.10 Å². The minimum Gasteiger partial charge on any atom is -0.350 e. The van der Waals surface area contributed by atoms with Crippen molar-refractivity contribution in [3.05, 3.63) is 17.8 Å². The number of nitrogens with two attached hydrogens (primary N) is 1. The van der Waals surface area contributed by atoms with E-state index in [9.17, 15) is 8.42 Å². The molecular weight excluding hydrogens is 240 g/mol. The average molecular weight is 256 g/mol. The molecule has 1 atom stereocenters. The highest BCUT2D eigenvalue weighted by atomic mass is 32.2. The first-order chi connectivity index (χ1) is 8.03. The molecule has 7 heteroatoms. The molecule has 1 aromatic heterocycles. The van der Waals surface area contributed by atoms with Crippen LogP contribution in [0.2, 0.25) is 0 Å². The van der Waals surface area contributed by atoms with Crippen LogP contribution in [0, 0.1) is 0 Å². The van der Waals surface area contributed by atoms with Gasteiger partial charge in [-0.3, -0.25) is 0 Å². The predicted molar refractivity (Wildman–Crippen MR) is 65.4 cm³/mol. The van der Waals surface area contributed by atoms with Crippen LogP contribution in [0.4, 0.5) is 5.82 Å². The lowest BCUT2D eigenvalue weighted by molar-refractivity contribution is 0.565. The van der Waals surface area contributed by atoms with Crippen LogP contribution in [-0.2, 0) is 16.4 Å². The van der Waals surface area contributed by atoms with Crippen molar-refractivity contribution in [1.29, 1.82) is 0 Å². The van der Waals surface area contributed by atoms with Gasteiger partial charge in [0.25, 0.3) is 0 Å². The van der Waals surface area contributed by atoms with Gasteiger partial charge in [0.1, 0.15) is 0 Å². The van der Waals surface area contributed by atoms with E-state index in [1.54, 1.807) is 6.20 Å². The molecule has 6 nitrogen and oxygen atoms in total. The van der Waals surface area contributed by atoms with Crippen molar-refractivity contribution >= 4 is 15.7 Å². The first kappa shape index (κ1) is 12.3. The highest BCUT2D eigenvalue weighted by Gasteiger charge is 2.30. The standard InChI is InChI=1S/C10H16N4O2S/c1-8-7-17(15,16)5-4-14(8)10-9(6-11)2-3-12-13-10/h2-3,8H,4-7,11H2,1H3. The van der Waals surface area contributed by atoms with Crippen molar-refractivity contribution in [2.75, 3.05) is 23.0 Å². The Morgan fingerprint density at radius 2 is 2.35 bits per heavy atom. The molecule has 1 aliphatic heterocycles. The molecule has 1 fully saturated rings. The summed E-state index contributed by atoms with van der Waals surface area (Å²) in [6.07, 6.45) is 1.59. The van der Waals surface area contributed by atoms with Crippen molar-refractivity contribution in [3.8, 4) is 0 Å². The average Bonchev–Trinajstić information content (AvgIpc) is 2.28. The zero-order chi connectivity index (χ0) is 12.5. The van der Waals surface area contributed by atoms with E-state index in [0.29, 0.717) is 18.9 Å². The first-order valence-electron chi connectivity index (χ1n) is 5.51. The maximum Gasteiger partial charge on any atom is 0.156 e. The fourth-order valence-electron chi connectivity index (χ4n) is 2.06. The summed E-state index contributed by atoms with van der Waals surface area (Å²) in [6, 6.07) is 1.73. The van der Waals surface area contributed by atoms with Crippen LogP contribution in [-0.4, -0.2) is 42.7 Å². The summed E-state index contributed by atoms with van der Waals surface area (Å²) in [5.74, 6) is 1.03. The molecule has 0 aliphatic carbocycles. The van der Waals surface area contributed by atoms with E-state index in [1.165, 1.54) is 0 Å². The summed E-state index contributed by atoms with van der Waals surface area (Å²) >= 11 is 0. The lowest BCUT2D eigenvalue weighted by Gasteiger charge is -2.34. The van der Waals surface area contributed by atoms with Crippen molar-refractivity contribution in [2.45, 2.75) is 19.5 Å². The van der Waals surface area contributed by atoms with Crippen LogP contribution in [0.25, 0.3) is 0 Å². The minimum atomic E-state index is -2.91. The molecule has 0 aromatic carbocycles. The second-order valence-electron chi connectivity index (χ2n) is 4.24. The zero-order valence-corrected chi connectivity index (χ0v) is 10.5. The Morgan fingerprint density at radius 1 is 1.59 bits per heavy atom. The maximum atomic E-state index is 11.5. The minimum absolute atomic E-state index is 0.0873. The van der Waals surface area contributed by atoms with E-state index < -0.39 is 9.84 Å². The summed E-state index contributed by atoms with van der Waals surface area (Å²) in [7, 11) is -2.91. The van der Waals surface area contributed by atoms with E-state index in [2.05, 4.69) is 10.2 Å². The van der Waals surface area contributed by atoms with Crippen molar-refractivity contribution in [3.63, 3.8) is 0 Å². The molecule has 0 spiro atoms. The predicted octanol–water partition coefficient (Wildman–Crippen LogP) is -0.441. The molecular formula is C10H16N4O2S. The summed E-state index contributed by atoms with van der Waals surface area (Å²) in [5.41, 5.74) is 6.54. The van der Waals surface area contributed by atoms with Crippen molar-refractivity contribution < 1.29 is 8.42 Å². The van der Waals surface area contributed by atoms with Gasteiger partial charge in [0.15, 0.2) is 15.7 Å². The first-order valence-corrected chi connectivity index (χ1v) is 7.33. The van der Waals surface area contributed by atoms with Gasteiger partial charge >= 0.3 is 0 Å². The lowest BCUT2D eigenvalue weighted by Crippen LogP contribution is -2.47. The van der Waals surface area contributed by atoms with Crippen LogP contribution >= 0.6 is 0 Å². The second kappa shape index (κ2) is 4.58. The van der Waals surface area contributed by atoms with E-state index in [1.807, 2.05) is 17.9 Å². The Kier molecular flexibility index (Phi) is 3.30. The summed E-state index contributed by atoms with van der Waals surface area (Å²) in [6.45, 7) is 2.71. The van der Waals surface area contributed by atoms with Crippen LogP contribution in [0.5, 0.6) is 0 Å². The van der Waals surface area contributed by atoms with Gasteiger partial charge in [-0.25, -0.2) is 8.42 Å². The summed E-state index contributed by atoms with van der Waals surface area (Å²) in [4.78, 5) is 1.97. The normalized spacial score (nSPS) is 23.6. The Balaban J connectivity index is 2.29. The number of hydrogen-bond acceptors (Lipinski definition) is 6. The maximum absolute atomic E-state index is 11.5. The fourth-order valence-corrected chi connectivity index (χ4v) is 3.62. The van der Waals surface area contributed by atoms with Gasteiger partial charge in [-0.05, 0) is 13.0 Å². The number of anilines is 1. The summed E-state index contributed by atoms with van der Waals surface area (Å²) < 4.78 is 23.0. The Labute approximate surface area is 101 Å². The molecule has 1 aliphatic rings. The molecule has 0 radical (unpaired) electrons. The Hall–Kier alpha value is -1.21. The highest BCUT2D eigenvalue weighted by Crippen LogP contribution is 2.22. The molecule has 17 heavy (non-hydrogen) atoms. The largest absolute Gasteiger partial charge is 0.350 e. The molecule has 0 bridgehead atoms. The molecule has 2 heterocycles. The van der Waals surface area contributed by atoms with E-state index in [4.69, 9.17) is 5.73 Å². The van der Waals surface area contributed by atoms with Gasteiger partial charge < -0.3 is 10.6 Å². The second-order valence-corrected chi connectivity index (χ2v) is 6.47. The fraction of sp³-hybridized carbons (Fsp3) is 0.600. The van der Waals surface area contributed by atoms with E-state index in [-0.39, 0.29) is 17.5 Å². The molecule has 1 saturated heterocycles. The van der Waals surface area contributed by atoms with Crippen LogP contribution in [0.3, 0.4) is 0 Å². The summed E-state index contributed by atoms with van der Waals surface area (Å²) in [5, 5.41) is 7.92. The van der Waals surface area contributed by atoms with Gasteiger partial charge in [0, 0.05) is 24.7 Å². The Morgan fingerprint density at radius 3 is 3.00 bits per heavy atom. The van der Waals surface area contributed by atoms with Crippen molar-refractivity contribution in [2.24, 2.45) is 5.73 Å². The quantitative estimate of drug-likeness (QED) is 0.771. The Bertz CT molecular complexity index is 503. The number of aromatic nitrogens is 2. The number of rotatable bonds is 2. The zero-order valence-electron chi connectivity index (χ0n) is 9.70. The van der Waals surface area contributed by atoms with Crippen LogP contribution in [0.15, 0.2) is 12.3 Å². The molecule has 0 amide bonds. The molecule has 94 valence electrons.